The molecule has 2 rings (SSSR count). The highest BCUT2D eigenvalue weighted by atomic mass is 16.5. The van der Waals surface area contributed by atoms with Crippen LogP contribution in [0.15, 0.2) is 48.5 Å². The Balaban J connectivity index is 1.86. The standard InChI is InChI=1S/C20H24N2O5/c1-4-26-17-11-10-16(12-18(17)25-3)20(24)22-21-19(23)14(2)27-13-15-8-6-5-7-9-15/h5-12,14H,4,13H2,1-3H3,(H,21,23)(H,22,24). The van der Waals surface area contributed by atoms with Crippen molar-refractivity contribution in [3.8, 4) is 11.5 Å². The number of ether oxygens (including phenoxy) is 3. The zero-order chi connectivity index (χ0) is 19.6. The van der Waals surface area contributed by atoms with Crippen LogP contribution in [0.4, 0.5) is 0 Å². The molecule has 0 aliphatic heterocycles. The van der Waals surface area contributed by atoms with Gasteiger partial charge in [0.25, 0.3) is 11.8 Å². The molecule has 27 heavy (non-hydrogen) atoms. The lowest BCUT2D eigenvalue weighted by molar-refractivity contribution is -0.133. The molecule has 0 fully saturated rings. The topological polar surface area (TPSA) is 85.9 Å². The molecule has 0 heterocycles. The van der Waals surface area contributed by atoms with Gasteiger partial charge in [-0.25, -0.2) is 0 Å². The Labute approximate surface area is 158 Å². The SMILES string of the molecule is CCOc1ccc(C(=O)NNC(=O)C(C)OCc2ccccc2)cc1OC. The predicted octanol–water partition coefficient (Wildman–Crippen LogP) is 2.46. The quantitative estimate of drug-likeness (QED) is 0.695. The van der Waals surface area contributed by atoms with E-state index in [0.717, 1.165) is 5.56 Å². The molecule has 0 spiro atoms. The maximum atomic E-state index is 12.2. The maximum absolute atomic E-state index is 12.2. The first-order chi connectivity index (χ1) is 13.0. The zero-order valence-corrected chi connectivity index (χ0v) is 15.7. The van der Waals surface area contributed by atoms with Crippen molar-refractivity contribution in [2.24, 2.45) is 0 Å². The van der Waals surface area contributed by atoms with E-state index < -0.39 is 17.9 Å². The number of carbonyl (C=O) groups excluding carboxylic acids is 2. The van der Waals surface area contributed by atoms with Crippen LogP contribution in [0, 0.1) is 0 Å². The molecule has 7 nitrogen and oxygen atoms in total. The van der Waals surface area contributed by atoms with Crippen molar-refractivity contribution in [1.29, 1.82) is 0 Å². The first-order valence-electron chi connectivity index (χ1n) is 8.61. The van der Waals surface area contributed by atoms with Crippen molar-refractivity contribution < 1.29 is 23.8 Å². The normalized spacial score (nSPS) is 11.4. The van der Waals surface area contributed by atoms with Crippen LogP contribution in [-0.4, -0.2) is 31.6 Å². The smallest absolute Gasteiger partial charge is 0.269 e. The van der Waals surface area contributed by atoms with E-state index in [1.807, 2.05) is 37.3 Å². The van der Waals surface area contributed by atoms with E-state index in [2.05, 4.69) is 10.9 Å². The fourth-order valence-electron chi connectivity index (χ4n) is 2.25. The third-order valence-electron chi connectivity index (χ3n) is 3.74. The van der Waals surface area contributed by atoms with Gasteiger partial charge in [0.2, 0.25) is 0 Å². The summed E-state index contributed by atoms with van der Waals surface area (Å²) in [5.74, 6) is 0.0658. The lowest BCUT2D eigenvalue weighted by Crippen LogP contribution is -2.46. The van der Waals surface area contributed by atoms with E-state index in [0.29, 0.717) is 30.3 Å². The summed E-state index contributed by atoms with van der Waals surface area (Å²) in [5.41, 5.74) is 6.01. The number of benzene rings is 2. The van der Waals surface area contributed by atoms with Gasteiger partial charge in [0.05, 0.1) is 20.3 Å². The van der Waals surface area contributed by atoms with E-state index in [4.69, 9.17) is 14.2 Å². The highest BCUT2D eigenvalue weighted by molar-refractivity contribution is 5.96. The number of hydrogen-bond donors (Lipinski definition) is 2. The Morgan fingerprint density at radius 1 is 1.04 bits per heavy atom. The summed E-state index contributed by atoms with van der Waals surface area (Å²) in [6.45, 7) is 4.26. The molecule has 0 aliphatic carbocycles. The third-order valence-corrected chi connectivity index (χ3v) is 3.74. The van der Waals surface area contributed by atoms with Gasteiger partial charge in [-0.1, -0.05) is 30.3 Å². The molecule has 0 bridgehead atoms. The molecular weight excluding hydrogens is 348 g/mol. The Hall–Kier alpha value is -3.06. The number of rotatable bonds is 8. The Morgan fingerprint density at radius 3 is 2.44 bits per heavy atom. The fraction of sp³-hybridized carbons (Fsp3) is 0.300. The molecule has 0 radical (unpaired) electrons. The van der Waals surface area contributed by atoms with Gasteiger partial charge < -0.3 is 14.2 Å². The van der Waals surface area contributed by atoms with E-state index in [1.54, 1.807) is 25.1 Å². The van der Waals surface area contributed by atoms with E-state index in [1.165, 1.54) is 7.11 Å². The summed E-state index contributed by atoms with van der Waals surface area (Å²) in [4.78, 5) is 24.3. The predicted molar refractivity (Wildman–Crippen MR) is 100 cm³/mol. The number of hydrogen-bond acceptors (Lipinski definition) is 5. The number of methoxy groups -OCH3 is 1. The minimum atomic E-state index is -0.722. The lowest BCUT2D eigenvalue weighted by Gasteiger charge is -2.15. The van der Waals surface area contributed by atoms with Crippen LogP contribution in [0.1, 0.15) is 29.8 Å². The second kappa shape index (κ2) is 10.2. The van der Waals surface area contributed by atoms with Crippen LogP contribution in [0.5, 0.6) is 11.5 Å². The first-order valence-corrected chi connectivity index (χ1v) is 8.61. The van der Waals surface area contributed by atoms with Crippen molar-refractivity contribution in [1.82, 2.24) is 10.9 Å². The second-order valence-corrected chi connectivity index (χ2v) is 5.68. The zero-order valence-electron chi connectivity index (χ0n) is 15.7. The van der Waals surface area contributed by atoms with Gasteiger partial charge in [-0.05, 0) is 37.6 Å². The minimum Gasteiger partial charge on any atom is -0.493 e. The van der Waals surface area contributed by atoms with E-state index >= 15 is 0 Å². The van der Waals surface area contributed by atoms with Crippen LogP contribution < -0.4 is 20.3 Å². The molecule has 0 aliphatic rings. The number of carbonyl (C=O) groups is 2. The summed E-state index contributed by atoms with van der Waals surface area (Å²) in [6.07, 6.45) is -0.722. The molecule has 2 amide bonds. The van der Waals surface area contributed by atoms with Gasteiger partial charge in [-0.2, -0.15) is 0 Å². The summed E-state index contributed by atoms with van der Waals surface area (Å²) in [5, 5.41) is 0. The molecule has 1 atom stereocenters. The van der Waals surface area contributed by atoms with Crippen molar-refractivity contribution in [2.45, 2.75) is 26.6 Å². The van der Waals surface area contributed by atoms with Crippen LogP contribution in [-0.2, 0) is 16.1 Å². The van der Waals surface area contributed by atoms with Crippen LogP contribution in [0.2, 0.25) is 0 Å². The molecule has 2 aromatic carbocycles. The lowest BCUT2D eigenvalue weighted by atomic mass is 10.2. The first kappa shape index (κ1) is 20.3. The maximum Gasteiger partial charge on any atom is 0.269 e. The van der Waals surface area contributed by atoms with Gasteiger partial charge >= 0.3 is 0 Å². The fourth-order valence-corrected chi connectivity index (χ4v) is 2.25. The van der Waals surface area contributed by atoms with Crippen LogP contribution in [0.25, 0.3) is 0 Å². The Bertz CT molecular complexity index is 764. The molecule has 2 N–H and O–H groups in total. The summed E-state index contributed by atoms with van der Waals surface area (Å²) in [7, 11) is 1.49. The van der Waals surface area contributed by atoms with Crippen molar-refractivity contribution >= 4 is 11.8 Å². The number of nitrogens with one attached hydrogen (secondary N) is 2. The summed E-state index contributed by atoms with van der Waals surface area (Å²) < 4.78 is 16.1. The molecule has 7 heteroatoms. The van der Waals surface area contributed by atoms with Gasteiger partial charge in [0.15, 0.2) is 11.5 Å². The van der Waals surface area contributed by atoms with E-state index in [9.17, 15) is 9.59 Å². The molecule has 144 valence electrons. The Kier molecular flexibility index (Phi) is 7.63. The largest absolute Gasteiger partial charge is 0.493 e. The monoisotopic (exact) mass is 372 g/mol. The minimum absolute atomic E-state index is 0.305. The van der Waals surface area contributed by atoms with Gasteiger partial charge in [-0.15, -0.1) is 0 Å². The Morgan fingerprint density at radius 2 is 1.78 bits per heavy atom. The molecular formula is C20H24N2O5. The highest BCUT2D eigenvalue weighted by Gasteiger charge is 2.16. The number of amides is 2. The second-order valence-electron chi connectivity index (χ2n) is 5.68. The molecule has 0 aromatic heterocycles. The van der Waals surface area contributed by atoms with Crippen molar-refractivity contribution in [3.63, 3.8) is 0 Å². The van der Waals surface area contributed by atoms with Gasteiger partial charge in [-0.3, -0.25) is 20.4 Å². The average molecular weight is 372 g/mol. The van der Waals surface area contributed by atoms with Gasteiger partial charge in [0, 0.05) is 5.56 Å². The molecule has 0 saturated heterocycles. The van der Waals surface area contributed by atoms with E-state index in [-0.39, 0.29) is 0 Å². The summed E-state index contributed by atoms with van der Waals surface area (Å²) >= 11 is 0. The van der Waals surface area contributed by atoms with Crippen LogP contribution >= 0.6 is 0 Å². The molecule has 1 unspecified atom stereocenters. The number of hydrazine groups is 1. The average Bonchev–Trinajstić information content (AvgIpc) is 2.71. The highest BCUT2D eigenvalue weighted by Crippen LogP contribution is 2.27. The van der Waals surface area contributed by atoms with Crippen molar-refractivity contribution in [3.05, 3.63) is 59.7 Å². The summed E-state index contributed by atoms with van der Waals surface area (Å²) in [6, 6.07) is 14.3. The van der Waals surface area contributed by atoms with Crippen LogP contribution in [0.3, 0.4) is 0 Å². The third kappa shape index (κ3) is 6.00. The van der Waals surface area contributed by atoms with Gasteiger partial charge in [0.1, 0.15) is 6.10 Å². The van der Waals surface area contributed by atoms with Crippen molar-refractivity contribution in [2.75, 3.05) is 13.7 Å². The molecule has 2 aromatic rings. The molecule has 0 saturated carbocycles.